The van der Waals surface area contributed by atoms with Crippen LogP contribution in [0.5, 0.6) is 5.75 Å². The molecule has 1 heterocycles. The number of benzene rings is 2. The summed E-state index contributed by atoms with van der Waals surface area (Å²) in [5, 5.41) is 0.787. The van der Waals surface area contributed by atoms with Crippen LogP contribution in [0.2, 0.25) is 5.02 Å². The Bertz CT molecular complexity index is 867. The van der Waals surface area contributed by atoms with Crippen molar-refractivity contribution in [2.75, 3.05) is 32.5 Å². The lowest BCUT2D eigenvalue weighted by Gasteiger charge is -2.17. The van der Waals surface area contributed by atoms with Gasteiger partial charge in [0.15, 0.2) is 9.84 Å². The van der Waals surface area contributed by atoms with Gasteiger partial charge in [-0.15, -0.1) is 0 Å². The van der Waals surface area contributed by atoms with Crippen LogP contribution in [0.25, 0.3) is 0 Å². The molecule has 1 fully saturated rings. The fourth-order valence-electron chi connectivity index (χ4n) is 3.51. The smallest absolute Gasteiger partial charge is 0.175 e. The fraction of sp³-hybridized carbons (Fsp3) is 0.429. The molecule has 2 unspecified atom stereocenters. The van der Waals surface area contributed by atoms with Crippen molar-refractivity contribution in [3.63, 3.8) is 0 Å². The first-order valence-electron chi connectivity index (χ1n) is 9.21. The molecule has 0 N–H and O–H groups in total. The molecule has 0 saturated carbocycles. The minimum atomic E-state index is -3.17. The van der Waals surface area contributed by atoms with E-state index in [1.165, 1.54) is 11.8 Å². The highest BCUT2D eigenvalue weighted by molar-refractivity contribution is 7.90. The lowest BCUT2D eigenvalue weighted by Crippen LogP contribution is -2.24. The van der Waals surface area contributed by atoms with Gasteiger partial charge in [-0.1, -0.05) is 30.7 Å². The predicted molar refractivity (Wildman–Crippen MR) is 109 cm³/mol. The summed E-state index contributed by atoms with van der Waals surface area (Å²) in [5.41, 5.74) is 1.26. The van der Waals surface area contributed by atoms with E-state index in [0.717, 1.165) is 31.1 Å². The number of rotatable bonds is 7. The highest BCUT2D eigenvalue weighted by atomic mass is 35.5. The maximum Gasteiger partial charge on any atom is 0.175 e. The predicted octanol–water partition coefficient (Wildman–Crippen LogP) is 3.93. The topological polar surface area (TPSA) is 46.6 Å². The minimum Gasteiger partial charge on any atom is -0.493 e. The molecular weight excluding hydrogens is 382 g/mol. The molecule has 6 heteroatoms. The van der Waals surface area contributed by atoms with Crippen LogP contribution in [0.4, 0.5) is 0 Å². The van der Waals surface area contributed by atoms with E-state index in [1.54, 1.807) is 24.3 Å². The van der Waals surface area contributed by atoms with Crippen molar-refractivity contribution >= 4 is 21.4 Å². The third-order valence-corrected chi connectivity index (χ3v) is 6.53. The maximum absolute atomic E-state index is 11.5. The molecule has 2 atom stereocenters. The molecule has 2 aromatic carbocycles. The molecule has 3 rings (SSSR count). The Labute approximate surface area is 167 Å². The highest BCUT2D eigenvalue weighted by Crippen LogP contribution is 2.25. The van der Waals surface area contributed by atoms with Crippen LogP contribution in [-0.2, 0) is 16.3 Å². The molecule has 2 aromatic rings. The van der Waals surface area contributed by atoms with Gasteiger partial charge in [-0.05, 0) is 54.3 Å². The third kappa shape index (κ3) is 5.71. The number of likely N-dealkylation sites (tertiary alicyclic amines) is 1. The molecule has 146 valence electrons. The van der Waals surface area contributed by atoms with Gasteiger partial charge in [0.2, 0.25) is 0 Å². The van der Waals surface area contributed by atoms with Crippen molar-refractivity contribution in [2.24, 2.45) is 11.8 Å². The number of ether oxygens (including phenoxy) is 1. The normalized spacial score (nSPS) is 20.7. The quantitative estimate of drug-likeness (QED) is 0.697. The van der Waals surface area contributed by atoms with Crippen molar-refractivity contribution in [1.29, 1.82) is 0 Å². The van der Waals surface area contributed by atoms with Crippen molar-refractivity contribution in [2.45, 2.75) is 18.2 Å². The molecule has 27 heavy (non-hydrogen) atoms. The average molecular weight is 408 g/mol. The third-order valence-electron chi connectivity index (χ3n) is 5.17. The second-order valence-electron chi connectivity index (χ2n) is 7.43. The van der Waals surface area contributed by atoms with Gasteiger partial charge in [0.05, 0.1) is 11.5 Å². The second-order valence-corrected chi connectivity index (χ2v) is 9.88. The van der Waals surface area contributed by atoms with Crippen LogP contribution in [-0.4, -0.2) is 45.8 Å². The summed E-state index contributed by atoms with van der Waals surface area (Å²) in [5.74, 6) is 1.76. The van der Waals surface area contributed by atoms with Crippen LogP contribution < -0.4 is 4.74 Å². The molecule has 0 aliphatic carbocycles. The molecular formula is C21H26ClNO3S. The molecule has 0 radical (unpaired) electrons. The molecule has 1 aliphatic heterocycles. The number of sulfone groups is 1. The lowest BCUT2D eigenvalue weighted by atomic mass is 9.99. The summed E-state index contributed by atoms with van der Waals surface area (Å²) in [4.78, 5) is 2.79. The Hall–Kier alpha value is -1.56. The Balaban J connectivity index is 1.48. The van der Waals surface area contributed by atoms with E-state index in [4.69, 9.17) is 16.3 Å². The van der Waals surface area contributed by atoms with Crippen molar-refractivity contribution in [3.8, 4) is 5.75 Å². The summed E-state index contributed by atoms with van der Waals surface area (Å²) in [6, 6.07) is 14.7. The standard InChI is InChI=1S/C21H26ClNO3S/c1-16-13-23(11-10-17-4-3-5-19(22)12-17)14-18(16)15-26-20-6-8-21(9-7-20)27(2,24)25/h3-9,12,16,18H,10-11,13-15H2,1-2H3. The molecule has 1 aliphatic rings. The zero-order valence-corrected chi connectivity index (χ0v) is 17.3. The van der Waals surface area contributed by atoms with Gasteiger partial charge < -0.3 is 9.64 Å². The Kier molecular flexibility index (Phi) is 6.45. The first-order valence-corrected chi connectivity index (χ1v) is 11.5. The van der Waals surface area contributed by atoms with Crippen LogP contribution in [0, 0.1) is 11.8 Å². The van der Waals surface area contributed by atoms with Crippen molar-refractivity contribution in [1.82, 2.24) is 4.90 Å². The Morgan fingerprint density at radius 1 is 1.15 bits per heavy atom. The van der Waals surface area contributed by atoms with E-state index < -0.39 is 9.84 Å². The molecule has 0 bridgehead atoms. The van der Waals surface area contributed by atoms with E-state index in [-0.39, 0.29) is 0 Å². The van der Waals surface area contributed by atoms with Gasteiger partial charge in [0, 0.05) is 36.8 Å². The summed E-state index contributed by atoms with van der Waals surface area (Å²) in [7, 11) is -3.17. The molecule has 0 aromatic heterocycles. The highest BCUT2D eigenvalue weighted by Gasteiger charge is 2.29. The van der Waals surface area contributed by atoms with Gasteiger partial charge in [0.25, 0.3) is 0 Å². The first-order chi connectivity index (χ1) is 12.8. The molecule has 1 saturated heterocycles. The van der Waals surface area contributed by atoms with E-state index >= 15 is 0 Å². The van der Waals surface area contributed by atoms with Gasteiger partial charge in [-0.3, -0.25) is 0 Å². The second kappa shape index (κ2) is 8.63. The average Bonchev–Trinajstić information content (AvgIpc) is 2.98. The lowest BCUT2D eigenvalue weighted by molar-refractivity contribution is 0.225. The number of nitrogens with zero attached hydrogens (tertiary/aromatic N) is 1. The van der Waals surface area contributed by atoms with Crippen LogP contribution in [0.15, 0.2) is 53.4 Å². The monoisotopic (exact) mass is 407 g/mol. The van der Waals surface area contributed by atoms with Crippen molar-refractivity contribution in [3.05, 3.63) is 59.1 Å². The van der Waals surface area contributed by atoms with Gasteiger partial charge >= 0.3 is 0 Å². The van der Waals surface area contributed by atoms with Crippen LogP contribution in [0.3, 0.4) is 0 Å². The van der Waals surface area contributed by atoms with Gasteiger partial charge in [0.1, 0.15) is 5.75 Å². The Morgan fingerprint density at radius 3 is 2.56 bits per heavy atom. The van der Waals surface area contributed by atoms with E-state index in [0.29, 0.717) is 29.1 Å². The largest absolute Gasteiger partial charge is 0.493 e. The summed E-state index contributed by atoms with van der Waals surface area (Å²) in [6.07, 6.45) is 2.20. The van der Waals surface area contributed by atoms with E-state index in [9.17, 15) is 8.42 Å². The summed E-state index contributed by atoms with van der Waals surface area (Å²) >= 11 is 6.06. The molecule has 0 spiro atoms. The Morgan fingerprint density at radius 2 is 1.89 bits per heavy atom. The maximum atomic E-state index is 11.5. The van der Waals surface area contributed by atoms with Gasteiger partial charge in [-0.2, -0.15) is 0 Å². The fourth-order valence-corrected chi connectivity index (χ4v) is 4.35. The van der Waals surface area contributed by atoms with Crippen LogP contribution >= 0.6 is 11.6 Å². The van der Waals surface area contributed by atoms with E-state index in [1.807, 2.05) is 18.2 Å². The van der Waals surface area contributed by atoms with Gasteiger partial charge in [-0.25, -0.2) is 8.42 Å². The minimum absolute atomic E-state index is 0.316. The number of hydrogen-bond donors (Lipinski definition) is 0. The SMILES string of the molecule is CC1CN(CCc2cccc(Cl)c2)CC1COc1ccc(S(C)(=O)=O)cc1. The van der Waals surface area contributed by atoms with Crippen LogP contribution in [0.1, 0.15) is 12.5 Å². The number of halogens is 1. The summed E-state index contributed by atoms with van der Waals surface area (Å²) in [6.45, 7) is 6.02. The zero-order valence-electron chi connectivity index (χ0n) is 15.8. The molecule has 0 amide bonds. The zero-order chi connectivity index (χ0) is 19.4. The summed E-state index contributed by atoms with van der Waals surface area (Å²) < 4.78 is 29.0. The molecule has 4 nitrogen and oxygen atoms in total. The first kappa shape index (κ1) is 20.2. The number of hydrogen-bond acceptors (Lipinski definition) is 4. The van der Waals surface area contributed by atoms with E-state index in [2.05, 4.69) is 17.9 Å². The van der Waals surface area contributed by atoms with Crippen molar-refractivity contribution < 1.29 is 13.2 Å².